The van der Waals surface area contributed by atoms with Crippen molar-refractivity contribution < 1.29 is 26.4 Å². The van der Waals surface area contributed by atoms with Crippen LogP contribution in [0.5, 0.6) is 0 Å². The Morgan fingerprint density at radius 1 is 1.14 bits per heavy atom. The van der Waals surface area contributed by atoms with Crippen LogP contribution in [0.25, 0.3) is 0 Å². The van der Waals surface area contributed by atoms with E-state index in [1.807, 2.05) is 0 Å². The molecule has 0 bridgehead atoms. The van der Waals surface area contributed by atoms with Gasteiger partial charge in [0.1, 0.15) is 6.04 Å². The highest BCUT2D eigenvalue weighted by Gasteiger charge is 2.31. The first-order valence-electron chi connectivity index (χ1n) is 8.19. The molecule has 1 N–H and O–H groups in total. The number of amides is 1. The third-order valence-corrected chi connectivity index (χ3v) is 5.95. The zero-order valence-corrected chi connectivity index (χ0v) is 17.6. The summed E-state index contributed by atoms with van der Waals surface area (Å²) in [5, 5.41) is 2.77. The minimum Gasteiger partial charge on any atom is -0.350 e. The fourth-order valence-electron chi connectivity index (χ4n) is 2.63. The van der Waals surface area contributed by atoms with Gasteiger partial charge in [-0.1, -0.05) is 35.3 Å². The van der Waals surface area contributed by atoms with Crippen LogP contribution in [-0.4, -0.2) is 26.6 Å². The molecule has 5 nitrogen and oxygen atoms in total. The highest BCUT2D eigenvalue weighted by molar-refractivity contribution is 7.92. The van der Waals surface area contributed by atoms with Gasteiger partial charge in [0.2, 0.25) is 15.9 Å². The Hall–Kier alpha value is -1.97. The highest BCUT2D eigenvalue weighted by Crippen LogP contribution is 2.30. The van der Waals surface area contributed by atoms with E-state index in [0.717, 1.165) is 22.7 Å². The average Bonchev–Trinajstić information content (AvgIpc) is 2.61. The Kier molecular flexibility index (Phi) is 7.08. The first kappa shape index (κ1) is 23.3. The maximum atomic E-state index is 12.8. The summed E-state index contributed by atoms with van der Waals surface area (Å²) < 4.78 is 63.8. The first-order chi connectivity index (χ1) is 13.3. The van der Waals surface area contributed by atoms with Gasteiger partial charge in [0.05, 0.1) is 27.6 Å². The average molecular weight is 469 g/mol. The van der Waals surface area contributed by atoms with Crippen molar-refractivity contribution in [3.63, 3.8) is 0 Å². The molecule has 158 valence electrons. The summed E-state index contributed by atoms with van der Waals surface area (Å²) in [6.45, 7) is 1.15. The van der Waals surface area contributed by atoms with Crippen molar-refractivity contribution in [2.24, 2.45) is 0 Å². The van der Waals surface area contributed by atoms with E-state index < -0.39 is 33.7 Å². The van der Waals surface area contributed by atoms with Gasteiger partial charge in [0.25, 0.3) is 0 Å². The van der Waals surface area contributed by atoms with Gasteiger partial charge >= 0.3 is 6.18 Å². The second kappa shape index (κ2) is 8.81. The quantitative estimate of drug-likeness (QED) is 0.679. The molecule has 0 aliphatic rings. The van der Waals surface area contributed by atoms with E-state index in [-0.39, 0.29) is 27.8 Å². The van der Waals surface area contributed by atoms with Crippen LogP contribution in [0.4, 0.5) is 18.9 Å². The van der Waals surface area contributed by atoms with E-state index in [2.05, 4.69) is 5.32 Å². The van der Waals surface area contributed by atoms with Crippen molar-refractivity contribution in [3.05, 3.63) is 63.6 Å². The number of anilines is 1. The molecule has 0 radical (unpaired) electrons. The zero-order chi connectivity index (χ0) is 22.0. The summed E-state index contributed by atoms with van der Waals surface area (Å²) in [7, 11) is -3.88. The Morgan fingerprint density at radius 3 is 2.34 bits per heavy atom. The molecule has 0 aliphatic heterocycles. The van der Waals surface area contributed by atoms with Crippen LogP contribution in [0.3, 0.4) is 0 Å². The van der Waals surface area contributed by atoms with Gasteiger partial charge < -0.3 is 5.32 Å². The molecule has 2 aromatic rings. The van der Waals surface area contributed by atoms with Gasteiger partial charge in [-0.3, -0.25) is 9.10 Å². The van der Waals surface area contributed by atoms with Crippen molar-refractivity contribution in [1.82, 2.24) is 5.32 Å². The second-order valence-corrected chi connectivity index (χ2v) is 8.92. The van der Waals surface area contributed by atoms with E-state index in [4.69, 9.17) is 23.2 Å². The molecule has 0 aromatic heterocycles. The number of sulfonamides is 1. The molecule has 0 saturated heterocycles. The van der Waals surface area contributed by atoms with Gasteiger partial charge in [-0.2, -0.15) is 13.2 Å². The van der Waals surface area contributed by atoms with E-state index in [1.54, 1.807) is 0 Å². The molecule has 1 atom stereocenters. The van der Waals surface area contributed by atoms with Crippen LogP contribution in [0.15, 0.2) is 42.5 Å². The number of nitrogens with zero attached hydrogens (tertiary/aromatic N) is 1. The number of halogens is 5. The largest absolute Gasteiger partial charge is 0.416 e. The number of rotatable bonds is 6. The predicted octanol–water partition coefficient (Wildman–Crippen LogP) is 4.48. The lowest BCUT2D eigenvalue weighted by molar-refractivity contribution is -0.137. The van der Waals surface area contributed by atoms with Crippen molar-refractivity contribution in [2.45, 2.75) is 25.7 Å². The Bertz CT molecular complexity index is 1010. The summed E-state index contributed by atoms with van der Waals surface area (Å²) in [5.41, 5.74) is -0.490. The third-order valence-electron chi connectivity index (χ3n) is 3.97. The van der Waals surface area contributed by atoms with E-state index in [9.17, 15) is 26.4 Å². The van der Waals surface area contributed by atoms with Crippen molar-refractivity contribution in [2.75, 3.05) is 10.6 Å². The lowest BCUT2D eigenvalue weighted by Crippen LogP contribution is -2.47. The van der Waals surface area contributed by atoms with Crippen molar-refractivity contribution >= 4 is 44.8 Å². The number of hydrogen-bond donors (Lipinski definition) is 1. The van der Waals surface area contributed by atoms with Gasteiger partial charge in [-0.15, -0.1) is 0 Å². The maximum absolute atomic E-state index is 12.8. The van der Waals surface area contributed by atoms with Crippen LogP contribution in [0.1, 0.15) is 18.1 Å². The summed E-state index contributed by atoms with van der Waals surface area (Å²) in [5.74, 6) is -0.695. The Labute approximate surface area is 176 Å². The van der Waals surface area contributed by atoms with Crippen molar-refractivity contribution in [1.29, 1.82) is 0 Å². The molecule has 1 amide bonds. The van der Waals surface area contributed by atoms with Gasteiger partial charge in [-0.05, 0) is 42.8 Å². The Morgan fingerprint density at radius 2 is 1.79 bits per heavy atom. The van der Waals surface area contributed by atoms with Crippen LogP contribution in [0, 0.1) is 0 Å². The summed E-state index contributed by atoms with van der Waals surface area (Å²) in [4.78, 5) is 12.5. The van der Waals surface area contributed by atoms with E-state index >= 15 is 0 Å². The van der Waals surface area contributed by atoms with Crippen LogP contribution in [0.2, 0.25) is 10.0 Å². The summed E-state index contributed by atoms with van der Waals surface area (Å²) >= 11 is 11.8. The van der Waals surface area contributed by atoms with Crippen molar-refractivity contribution in [3.8, 4) is 0 Å². The van der Waals surface area contributed by atoms with Crippen LogP contribution < -0.4 is 9.62 Å². The zero-order valence-electron chi connectivity index (χ0n) is 15.3. The number of hydrogen-bond acceptors (Lipinski definition) is 3. The van der Waals surface area contributed by atoms with E-state index in [0.29, 0.717) is 0 Å². The SMILES string of the molecule is C[C@H](C(=O)NCc1cccc(C(F)(F)F)c1)N(c1ccc(Cl)c(Cl)c1)S(C)(=O)=O. The number of carbonyl (C=O) groups is 1. The number of benzene rings is 2. The standard InChI is InChI=1S/C18H17Cl2F3N2O3S/c1-11(25(29(2,27)28)14-6-7-15(19)16(20)9-14)17(26)24-10-12-4-3-5-13(8-12)18(21,22)23/h3-9,11H,10H2,1-2H3,(H,24,26)/t11-/m1/s1. The lowest BCUT2D eigenvalue weighted by Gasteiger charge is -2.28. The maximum Gasteiger partial charge on any atom is 0.416 e. The summed E-state index contributed by atoms with van der Waals surface area (Å²) in [6.07, 6.45) is -3.58. The number of nitrogens with one attached hydrogen (secondary N) is 1. The molecule has 0 heterocycles. The topological polar surface area (TPSA) is 66.5 Å². The van der Waals surface area contributed by atoms with Crippen LogP contribution in [-0.2, 0) is 27.5 Å². The molecule has 11 heteroatoms. The monoisotopic (exact) mass is 468 g/mol. The fourth-order valence-corrected chi connectivity index (χ4v) is 4.08. The van der Waals surface area contributed by atoms with Gasteiger partial charge in [0, 0.05) is 6.54 Å². The molecule has 0 fully saturated rings. The minimum absolute atomic E-state index is 0.106. The normalized spacial score (nSPS) is 13.1. The molecule has 0 aliphatic carbocycles. The lowest BCUT2D eigenvalue weighted by atomic mass is 10.1. The smallest absolute Gasteiger partial charge is 0.350 e. The molecular formula is C18H17Cl2F3N2O3S. The van der Waals surface area contributed by atoms with Gasteiger partial charge in [-0.25, -0.2) is 8.42 Å². The summed E-state index contributed by atoms with van der Waals surface area (Å²) in [6, 6.07) is 7.40. The third kappa shape index (κ3) is 6.01. The number of carbonyl (C=O) groups excluding carboxylic acids is 1. The molecule has 29 heavy (non-hydrogen) atoms. The first-order valence-corrected chi connectivity index (χ1v) is 10.8. The molecule has 0 unspecified atom stereocenters. The fraction of sp³-hybridized carbons (Fsp3) is 0.278. The predicted molar refractivity (Wildman–Crippen MR) is 107 cm³/mol. The molecule has 2 aromatic carbocycles. The number of alkyl halides is 3. The van der Waals surface area contributed by atoms with E-state index in [1.165, 1.54) is 37.3 Å². The molecule has 0 spiro atoms. The minimum atomic E-state index is -4.51. The highest BCUT2D eigenvalue weighted by atomic mass is 35.5. The molecular weight excluding hydrogens is 452 g/mol. The second-order valence-electron chi connectivity index (χ2n) is 6.25. The molecule has 0 saturated carbocycles. The van der Waals surface area contributed by atoms with Gasteiger partial charge in [0.15, 0.2) is 0 Å². The molecule has 2 rings (SSSR count). The van der Waals surface area contributed by atoms with Crippen LogP contribution >= 0.6 is 23.2 Å². The Balaban J connectivity index is 2.21.